The molecule has 40 heavy (non-hydrogen) atoms. The zero-order valence-corrected chi connectivity index (χ0v) is 17.6. The first kappa shape index (κ1) is 37.6. The topological polar surface area (TPSA) is 37.3 Å². The van der Waals surface area contributed by atoms with Crippen LogP contribution in [0.25, 0.3) is 0 Å². The Morgan fingerprint density at radius 1 is 0.425 bits per heavy atom. The SMILES string of the molecule is CC(=CC(F)(F)C(F)(F)C(F)(F)C(F)(F)C(F)(F)C(F)(F)C(F)(F)C(F)(F)C(F)(F)C(F)(F)C(F)(F)F)C(=O)O. The molecular weight excluding hydrogens is 649 g/mol. The molecule has 0 aliphatic carbocycles. The highest BCUT2D eigenvalue weighted by atomic mass is 19.4. The number of rotatable bonds is 11. The zero-order valence-electron chi connectivity index (χ0n) is 17.6. The summed E-state index contributed by atoms with van der Waals surface area (Å²) in [5, 5.41) is 8.21. The highest BCUT2D eigenvalue weighted by Crippen LogP contribution is 2.67. The Hall–Kier alpha value is -2.40. The zero-order chi connectivity index (χ0) is 33.4. The summed E-state index contributed by atoms with van der Waals surface area (Å²) in [7, 11) is 0. The second kappa shape index (κ2) is 9.31. The number of allylic oxidation sites excluding steroid dienone is 1. The van der Waals surface area contributed by atoms with Gasteiger partial charge in [-0.3, -0.25) is 0 Å². The van der Waals surface area contributed by atoms with Gasteiger partial charge >= 0.3 is 71.4 Å². The monoisotopic (exact) mass is 654 g/mol. The van der Waals surface area contributed by atoms with E-state index in [-0.39, 0.29) is 6.92 Å². The van der Waals surface area contributed by atoms with Crippen LogP contribution in [-0.4, -0.2) is 76.5 Å². The van der Waals surface area contributed by atoms with Crippen molar-refractivity contribution in [1.29, 1.82) is 0 Å². The maximum absolute atomic E-state index is 13.6. The molecule has 0 radical (unpaired) electrons. The van der Waals surface area contributed by atoms with Crippen LogP contribution in [0.15, 0.2) is 11.6 Å². The fourth-order valence-electron chi connectivity index (χ4n) is 2.19. The summed E-state index contributed by atoms with van der Waals surface area (Å²) in [5.41, 5.74) is -2.19. The summed E-state index contributed by atoms with van der Waals surface area (Å²) in [6.45, 7) is -0.190. The van der Waals surface area contributed by atoms with Gasteiger partial charge in [0, 0.05) is 11.6 Å². The van der Waals surface area contributed by atoms with Crippen LogP contribution in [-0.2, 0) is 4.79 Å². The van der Waals surface area contributed by atoms with E-state index in [4.69, 9.17) is 5.11 Å². The Bertz CT molecular complexity index is 1000. The Morgan fingerprint density at radius 3 is 0.825 bits per heavy atom. The molecule has 1 N–H and O–H groups in total. The molecule has 0 aliphatic heterocycles. The summed E-state index contributed by atoms with van der Waals surface area (Å²) in [5.74, 6) is -91.5. The van der Waals surface area contributed by atoms with Crippen LogP contribution in [0.4, 0.5) is 101 Å². The minimum Gasteiger partial charge on any atom is -0.478 e. The molecule has 0 unspecified atom stereocenters. The van der Waals surface area contributed by atoms with Crippen molar-refractivity contribution in [2.45, 2.75) is 72.3 Å². The van der Waals surface area contributed by atoms with Crippen molar-refractivity contribution in [1.82, 2.24) is 0 Å². The number of carbonyl (C=O) groups is 1. The van der Waals surface area contributed by atoms with Crippen molar-refractivity contribution in [3.63, 3.8) is 0 Å². The lowest BCUT2D eigenvalue weighted by Gasteiger charge is -2.45. The van der Waals surface area contributed by atoms with Crippen LogP contribution in [0.3, 0.4) is 0 Å². The second-order valence-electron chi connectivity index (χ2n) is 7.42. The van der Waals surface area contributed by atoms with Crippen molar-refractivity contribution in [2.24, 2.45) is 0 Å². The molecule has 0 bridgehead atoms. The molecule has 0 fully saturated rings. The fraction of sp³-hybridized carbons (Fsp3) is 0.800. The molecule has 0 aromatic carbocycles. The first-order valence-electron chi connectivity index (χ1n) is 8.60. The quantitative estimate of drug-likeness (QED) is 0.182. The molecule has 0 spiro atoms. The molecule has 0 saturated carbocycles. The fourth-order valence-corrected chi connectivity index (χ4v) is 2.19. The number of aliphatic carboxylic acids is 1. The van der Waals surface area contributed by atoms with Gasteiger partial charge in [0.2, 0.25) is 0 Å². The van der Waals surface area contributed by atoms with Crippen LogP contribution in [0.1, 0.15) is 6.92 Å². The van der Waals surface area contributed by atoms with Crippen LogP contribution in [0.5, 0.6) is 0 Å². The van der Waals surface area contributed by atoms with Gasteiger partial charge in [0.25, 0.3) is 0 Å². The van der Waals surface area contributed by atoms with Gasteiger partial charge in [-0.2, -0.15) is 101 Å². The highest BCUT2D eigenvalue weighted by Gasteiger charge is 2.98. The molecule has 0 saturated heterocycles. The van der Waals surface area contributed by atoms with Crippen molar-refractivity contribution < 1.29 is 111 Å². The Morgan fingerprint density at radius 2 is 0.625 bits per heavy atom. The molecule has 238 valence electrons. The summed E-state index contributed by atoms with van der Waals surface area (Å²) >= 11 is 0. The molecule has 0 aromatic heterocycles. The smallest absolute Gasteiger partial charge is 0.460 e. The molecule has 0 heterocycles. The first-order chi connectivity index (χ1) is 16.8. The number of carboxylic acid groups (broad SMARTS) is 1. The Labute approximate surface area is 202 Å². The summed E-state index contributed by atoms with van der Waals surface area (Å²) in [6.07, 6.45) is -10.0. The predicted molar refractivity (Wildman–Crippen MR) is 76.9 cm³/mol. The number of alkyl halides is 23. The van der Waals surface area contributed by atoms with Gasteiger partial charge in [0.05, 0.1) is 0 Å². The van der Waals surface area contributed by atoms with Gasteiger partial charge in [-0.25, -0.2) is 4.79 Å². The van der Waals surface area contributed by atoms with E-state index in [2.05, 4.69) is 0 Å². The van der Waals surface area contributed by atoms with Gasteiger partial charge in [-0.05, 0) is 6.92 Å². The van der Waals surface area contributed by atoms with E-state index in [0.29, 0.717) is 0 Å². The normalized spacial score (nSPS) is 16.9. The van der Waals surface area contributed by atoms with E-state index in [9.17, 15) is 106 Å². The predicted octanol–water partition coefficient (Wildman–Crippen LogP) is 7.93. The Kier molecular flexibility index (Phi) is 8.75. The maximum atomic E-state index is 13.6. The first-order valence-corrected chi connectivity index (χ1v) is 8.60. The summed E-state index contributed by atoms with van der Waals surface area (Å²) in [6, 6.07) is 0. The largest absolute Gasteiger partial charge is 0.478 e. The molecule has 0 atom stereocenters. The van der Waals surface area contributed by atoms with Gasteiger partial charge < -0.3 is 5.11 Å². The van der Waals surface area contributed by atoms with Crippen LogP contribution in [0, 0.1) is 0 Å². The minimum atomic E-state index is -9.47. The average Bonchev–Trinajstić information content (AvgIpc) is 2.70. The summed E-state index contributed by atoms with van der Waals surface area (Å²) < 4.78 is 304. The van der Waals surface area contributed by atoms with E-state index < -0.39 is 83.0 Å². The van der Waals surface area contributed by atoms with E-state index in [1.165, 1.54) is 0 Å². The van der Waals surface area contributed by atoms with Crippen molar-refractivity contribution in [3.05, 3.63) is 11.6 Å². The molecule has 0 aromatic rings. The minimum absolute atomic E-state index is 0.190. The number of carboxylic acids is 1. The third-order valence-corrected chi connectivity index (χ3v) is 4.66. The van der Waals surface area contributed by atoms with Crippen molar-refractivity contribution in [2.75, 3.05) is 0 Å². The van der Waals surface area contributed by atoms with Crippen LogP contribution in [0.2, 0.25) is 0 Å². The number of hydrogen-bond donors (Lipinski definition) is 1. The molecular formula is C15H5F23O2. The average molecular weight is 654 g/mol. The molecule has 0 rings (SSSR count). The van der Waals surface area contributed by atoms with E-state index >= 15 is 0 Å². The van der Waals surface area contributed by atoms with Crippen molar-refractivity contribution >= 4 is 5.97 Å². The molecule has 0 aliphatic rings. The molecule has 25 heteroatoms. The van der Waals surface area contributed by atoms with Gasteiger partial charge in [-0.1, -0.05) is 0 Å². The standard InChI is InChI=1S/C15H5F23O2/c1-3(4(39)40)2-5(16,17)6(18,19)7(20,21)8(22,23)9(24,25)10(26,27)11(28,29)12(30,31)13(32,33)14(34,35)15(36,37)38/h2H,1H3,(H,39,40). The lowest BCUT2D eigenvalue weighted by Crippen LogP contribution is -2.77. The maximum Gasteiger partial charge on any atom is 0.460 e. The third kappa shape index (κ3) is 4.57. The summed E-state index contributed by atoms with van der Waals surface area (Å²) in [4.78, 5) is 10.3. The number of hydrogen-bond acceptors (Lipinski definition) is 1. The van der Waals surface area contributed by atoms with E-state index in [1.54, 1.807) is 0 Å². The molecule has 2 nitrogen and oxygen atoms in total. The lowest BCUT2D eigenvalue weighted by molar-refractivity contribution is -0.477. The Balaban J connectivity index is 7.30. The van der Waals surface area contributed by atoms with E-state index in [0.717, 1.165) is 0 Å². The number of halogens is 23. The van der Waals surface area contributed by atoms with Gasteiger partial charge in [0.15, 0.2) is 0 Å². The van der Waals surface area contributed by atoms with Crippen LogP contribution >= 0.6 is 0 Å². The van der Waals surface area contributed by atoms with E-state index in [1.807, 2.05) is 0 Å². The molecule has 0 amide bonds. The van der Waals surface area contributed by atoms with Gasteiger partial charge in [-0.15, -0.1) is 0 Å². The van der Waals surface area contributed by atoms with Crippen LogP contribution < -0.4 is 0 Å². The lowest BCUT2D eigenvalue weighted by atomic mass is 9.85. The van der Waals surface area contributed by atoms with Crippen molar-refractivity contribution in [3.8, 4) is 0 Å². The van der Waals surface area contributed by atoms with Gasteiger partial charge in [0.1, 0.15) is 0 Å². The third-order valence-electron chi connectivity index (χ3n) is 4.66. The highest BCUT2D eigenvalue weighted by molar-refractivity contribution is 5.86. The second-order valence-corrected chi connectivity index (χ2v) is 7.42.